The van der Waals surface area contributed by atoms with Crippen LogP contribution in [0.3, 0.4) is 0 Å². The molecule has 0 unspecified atom stereocenters. The Balaban J connectivity index is 2.03. The summed E-state index contributed by atoms with van der Waals surface area (Å²) in [4.78, 5) is 14.1. The van der Waals surface area contributed by atoms with Crippen LogP contribution in [-0.2, 0) is 12.8 Å². The Morgan fingerprint density at radius 1 is 1.60 bits per heavy atom. The second-order valence-electron chi connectivity index (χ2n) is 3.56. The van der Waals surface area contributed by atoms with Gasteiger partial charge in [0.25, 0.3) is 5.91 Å². The van der Waals surface area contributed by atoms with Crippen LogP contribution < -0.4 is 11.1 Å². The van der Waals surface area contributed by atoms with Crippen LogP contribution >= 0.6 is 23.6 Å². The Morgan fingerprint density at radius 3 is 3.07 bits per heavy atom. The van der Waals surface area contributed by atoms with Crippen molar-refractivity contribution in [1.29, 1.82) is 0 Å². The molecule has 0 saturated heterocycles. The summed E-state index contributed by atoms with van der Waals surface area (Å²) in [6.07, 6.45) is 3.44. The smallest absolute Gasteiger partial charge is 0.261 e. The molecule has 2 rings (SSSR count). The molecular weight excluding hydrogens is 228 g/mol. The van der Waals surface area contributed by atoms with E-state index in [9.17, 15) is 4.79 Å². The highest BCUT2D eigenvalue weighted by molar-refractivity contribution is 7.80. The molecule has 1 amide bonds. The molecule has 0 saturated carbocycles. The number of aryl methyl sites for hydroxylation is 2. The van der Waals surface area contributed by atoms with Crippen LogP contribution in [0.5, 0.6) is 0 Å². The SMILES string of the molecule is NC(=S)CNC(=O)c1cc2c(s1)CCC2. The number of amides is 1. The maximum Gasteiger partial charge on any atom is 0.261 e. The molecule has 5 heteroatoms. The molecule has 1 aromatic heterocycles. The molecule has 15 heavy (non-hydrogen) atoms. The number of nitrogens with two attached hydrogens (primary N) is 1. The van der Waals surface area contributed by atoms with E-state index in [1.165, 1.54) is 16.9 Å². The van der Waals surface area contributed by atoms with E-state index >= 15 is 0 Å². The number of fused-ring (bicyclic) bond motifs is 1. The minimum Gasteiger partial charge on any atom is -0.392 e. The van der Waals surface area contributed by atoms with Crippen molar-refractivity contribution in [1.82, 2.24) is 5.32 Å². The lowest BCUT2D eigenvalue weighted by Gasteiger charge is -2.00. The lowest BCUT2D eigenvalue weighted by molar-refractivity contribution is 0.0963. The van der Waals surface area contributed by atoms with E-state index in [0.717, 1.165) is 17.7 Å². The third-order valence-corrected chi connectivity index (χ3v) is 3.77. The molecule has 0 bridgehead atoms. The molecule has 0 fully saturated rings. The van der Waals surface area contributed by atoms with E-state index in [0.29, 0.717) is 4.99 Å². The van der Waals surface area contributed by atoms with Crippen molar-refractivity contribution < 1.29 is 4.79 Å². The summed E-state index contributed by atoms with van der Waals surface area (Å²) in [5.41, 5.74) is 6.65. The highest BCUT2D eigenvalue weighted by Gasteiger charge is 2.18. The van der Waals surface area contributed by atoms with Crippen LogP contribution in [0.25, 0.3) is 0 Å². The zero-order chi connectivity index (χ0) is 10.8. The van der Waals surface area contributed by atoms with Crippen LogP contribution in [0, 0.1) is 0 Å². The van der Waals surface area contributed by atoms with Gasteiger partial charge in [0.2, 0.25) is 0 Å². The molecule has 1 heterocycles. The van der Waals surface area contributed by atoms with Gasteiger partial charge >= 0.3 is 0 Å². The van der Waals surface area contributed by atoms with Crippen LogP contribution in [0.1, 0.15) is 26.5 Å². The molecule has 80 valence electrons. The molecule has 3 N–H and O–H groups in total. The minimum absolute atomic E-state index is 0.0674. The number of nitrogens with one attached hydrogen (secondary N) is 1. The van der Waals surface area contributed by atoms with Crippen molar-refractivity contribution in [3.63, 3.8) is 0 Å². The molecule has 1 aromatic rings. The number of hydrogen-bond acceptors (Lipinski definition) is 3. The van der Waals surface area contributed by atoms with Crippen molar-refractivity contribution in [2.45, 2.75) is 19.3 Å². The Labute approximate surface area is 97.7 Å². The minimum atomic E-state index is -0.0674. The van der Waals surface area contributed by atoms with Gasteiger partial charge in [-0.05, 0) is 30.9 Å². The van der Waals surface area contributed by atoms with Crippen LogP contribution in [-0.4, -0.2) is 17.4 Å². The molecule has 0 atom stereocenters. The summed E-state index contributed by atoms with van der Waals surface area (Å²) < 4.78 is 0. The molecule has 1 aliphatic rings. The van der Waals surface area contributed by atoms with Gasteiger partial charge < -0.3 is 11.1 Å². The molecular formula is C10H12N2OS2. The average molecular weight is 240 g/mol. The summed E-state index contributed by atoms with van der Waals surface area (Å²) >= 11 is 6.28. The quantitative estimate of drug-likeness (QED) is 0.782. The number of thiophene rings is 1. The maximum absolute atomic E-state index is 11.6. The normalized spacial score (nSPS) is 13.6. The lowest BCUT2D eigenvalue weighted by Crippen LogP contribution is -2.31. The highest BCUT2D eigenvalue weighted by Crippen LogP contribution is 2.30. The van der Waals surface area contributed by atoms with Gasteiger partial charge in [-0.25, -0.2) is 0 Å². The van der Waals surface area contributed by atoms with E-state index in [1.54, 1.807) is 11.3 Å². The van der Waals surface area contributed by atoms with Crippen LogP contribution in [0.15, 0.2) is 6.07 Å². The monoisotopic (exact) mass is 240 g/mol. The van der Waals surface area contributed by atoms with Crippen molar-refractivity contribution in [2.75, 3.05) is 6.54 Å². The van der Waals surface area contributed by atoms with Crippen LogP contribution in [0.2, 0.25) is 0 Å². The Hall–Kier alpha value is -0.940. The predicted molar refractivity (Wildman–Crippen MR) is 65.5 cm³/mol. The zero-order valence-electron chi connectivity index (χ0n) is 8.21. The third-order valence-electron chi connectivity index (χ3n) is 2.39. The first-order valence-electron chi connectivity index (χ1n) is 4.85. The van der Waals surface area contributed by atoms with Gasteiger partial charge in [-0.3, -0.25) is 4.79 Å². The fraction of sp³-hybridized carbons (Fsp3) is 0.400. The Bertz CT molecular complexity index is 390. The van der Waals surface area contributed by atoms with E-state index in [4.69, 9.17) is 18.0 Å². The molecule has 0 aliphatic heterocycles. The van der Waals surface area contributed by atoms with Crippen molar-refractivity contribution >= 4 is 34.5 Å². The predicted octanol–water partition coefficient (Wildman–Crippen LogP) is 1.25. The van der Waals surface area contributed by atoms with Crippen LogP contribution in [0.4, 0.5) is 0 Å². The van der Waals surface area contributed by atoms with Gasteiger partial charge in [0.15, 0.2) is 0 Å². The fourth-order valence-corrected chi connectivity index (χ4v) is 2.94. The second kappa shape index (κ2) is 4.28. The van der Waals surface area contributed by atoms with Gasteiger partial charge in [0, 0.05) is 4.88 Å². The summed E-state index contributed by atoms with van der Waals surface area (Å²) in [6, 6.07) is 1.99. The second-order valence-corrected chi connectivity index (χ2v) is 5.22. The maximum atomic E-state index is 11.6. The summed E-state index contributed by atoms with van der Waals surface area (Å²) in [5.74, 6) is -0.0674. The number of carbonyl (C=O) groups excluding carboxylic acids is 1. The van der Waals surface area contributed by atoms with E-state index in [2.05, 4.69) is 5.32 Å². The van der Waals surface area contributed by atoms with E-state index in [1.807, 2.05) is 6.07 Å². The lowest BCUT2D eigenvalue weighted by atomic mass is 10.2. The van der Waals surface area contributed by atoms with E-state index < -0.39 is 0 Å². The number of hydrogen-bond donors (Lipinski definition) is 2. The van der Waals surface area contributed by atoms with Gasteiger partial charge in [0.05, 0.1) is 16.4 Å². The van der Waals surface area contributed by atoms with Gasteiger partial charge in [-0.1, -0.05) is 12.2 Å². The Morgan fingerprint density at radius 2 is 2.40 bits per heavy atom. The topological polar surface area (TPSA) is 55.1 Å². The fourth-order valence-electron chi connectivity index (χ4n) is 1.70. The summed E-state index contributed by atoms with van der Waals surface area (Å²) in [7, 11) is 0. The third kappa shape index (κ3) is 2.35. The van der Waals surface area contributed by atoms with Gasteiger partial charge in [-0.2, -0.15) is 0 Å². The van der Waals surface area contributed by atoms with Crippen molar-refractivity contribution in [2.24, 2.45) is 5.73 Å². The molecule has 1 aliphatic carbocycles. The zero-order valence-corrected chi connectivity index (χ0v) is 9.84. The first-order chi connectivity index (χ1) is 7.16. The van der Waals surface area contributed by atoms with Crippen molar-refractivity contribution in [3.05, 3.63) is 21.4 Å². The van der Waals surface area contributed by atoms with Gasteiger partial charge in [-0.15, -0.1) is 11.3 Å². The van der Waals surface area contributed by atoms with Gasteiger partial charge in [0.1, 0.15) is 0 Å². The number of carbonyl (C=O) groups is 1. The van der Waals surface area contributed by atoms with Crippen molar-refractivity contribution in [3.8, 4) is 0 Å². The molecule has 3 nitrogen and oxygen atoms in total. The first kappa shape index (κ1) is 10.6. The highest BCUT2D eigenvalue weighted by atomic mass is 32.1. The summed E-state index contributed by atoms with van der Waals surface area (Å²) in [5, 5.41) is 2.69. The number of thiocarbonyl (C=S) groups is 1. The standard InChI is InChI=1S/C10H12N2OS2/c11-9(14)5-12-10(13)8-4-6-2-1-3-7(6)15-8/h4H,1-3,5H2,(H2,11,14)(H,12,13). The largest absolute Gasteiger partial charge is 0.392 e. The summed E-state index contributed by atoms with van der Waals surface area (Å²) in [6.45, 7) is 0.275. The Kier molecular flexibility index (Phi) is 3.02. The number of rotatable bonds is 3. The average Bonchev–Trinajstić information content (AvgIpc) is 2.72. The molecule has 0 radical (unpaired) electrons. The first-order valence-corrected chi connectivity index (χ1v) is 6.07. The van der Waals surface area contributed by atoms with E-state index in [-0.39, 0.29) is 12.5 Å². The molecule has 0 spiro atoms. The molecule has 0 aromatic carbocycles.